The van der Waals surface area contributed by atoms with Crippen LogP contribution < -0.4 is 4.74 Å². The zero-order valence-electron chi connectivity index (χ0n) is 14.6. The van der Waals surface area contributed by atoms with Crippen LogP contribution >= 0.6 is 0 Å². The Bertz CT molecular complexity index is 808. The van der Waals surface area contributed by atoms with Gasteiger partial charge in [0.2, 0.25) is 0 Å². The highest BCUT2D eigenvalue weighted by Crippen LogP contribution is 2.30. The monoisotopic (exact) mass is 343 g/mol. The summed E-state index contributed by atoms with van der Waals surface area (Å²) < 4.78 is 27.1. The van der Waals surface area contributed by atoms with Crippen LogP contribution in [0.2, 0.25) is 0 Å². The van der Waals surface area contributed by atoms with Gasteiger partial charge in [0.25, 0.3) is 0 Å². The second kappa shape index (κ2) is 7.66. The van der Waals surface area contributed by atoms with E-state index in [-0.39, 0.29) is 5.56 Å². The van der Waals surface area contributed by atoms with Crippen LogP contribution in [0.3, 0.4) is 0 Å². The fourth-order valence-corrected chi connectivity index (χ4v) is 3.21. The first-order valence-electron chi connectivity index (χ1n) is 8.67. The maximum Gasteiger partial charge on any atom is 0.150 e. The number of hydrogen-bond acceptors (Lipinski definition) is 4. The molecular formula is C19H22FN3O2. The summed E-state index contributed by atoms with van der Waals surface area (Å²) in [7, 11) is 0. The summed E-state index contributed by atoms with van der Waals surface area (Å²) in [6.07, 6.45) is 4.17. The Labute approximate surface area is 147 Å². The first-order valence-corrected chi connectivity index (χ1v) is 8.67. The number of nitrogens with zero attached hydrogens (tertiary/aromatic N) is 3. The number of ether oxygens (including phenoxy) is 2. The fourth-order valence-electron chi connectivity index (χ4n) is 3.21. The lowest BCUT2D eigenvalue weighted by molar-refractivity contribution is 0.110. The van der Waals surface area contributed by atoms with Crippen molar-refractivity contribution in [2.75, 3.05) is 19.8 Å². The molecule has 1 heterocycles. The summed E-state index contributed by atoms with van der Waals surface area (Å²) >= 11 is 0. The Hall–Kier alpha value is -2.39. The molecule has 1 aliphatic carbocycles. The van der Waals surface area contributed by atoms with Crippen LogP contribution in [0, 0.1) is 24.1 Å². The SMILES string of the molecule is CCOCCOc1cc(-n2nc3c(c2C)CCCC3)c(F)cc1C#N. The lowest BCUT2D eigenvalue weighted by atomic mass is 9.96. The Morgan fingerprint density at radius 1 is 1.28 bits per heavy atom. The molecule has 0 radical (unpaired) electrons. The minimum atomic E-state index is -0.475. The number of halogens is 1. The van der Waals surface area contributed by atoms with Gasteiger partial charge in [-0.05, 0) is 51.2 Å². The Morgan fingerprint density at radius 2 is 2.08 bits per heavy atom. The number of fused-ring (bicyclic) bond motifs is 1. The van der Waals surface area contributed by atoms with Gasteiger partial charge in [0.15, 0.2) is 0 Å². The number of aryl methyl sites for hydroxylation is 1. The van der Waals surface area contributed by atoms with Crippen molar-refractivity contribution in [1.82, 2.24) is 9.78 Å². The van der Waals surface area contributed by atoms with Gasteiger partial charge in [-0.15, -0.1) is 0 Å². The van der Waals surface area contributed by atoms with Gasteiger partial charge in [-0.2, -0.15) is 10.4 Å². The number of aromatic nitrogens is 2. The lowest BCUT2D eigenvalue weighted by Gasteiger charge is -2.12. The van der Waals surface area contributed by atoms with Crippen molar-refractivity contribution in [3.63, 3.8) is 0 Å². The Balaban J connectivity index is 1.96. The van der Waals surface area contributed by atoms with Crippen LogP contribution in [0.5, 0.6) is 5.75 Å². The van der Waals surface area contributed by atoms with E-state index in [4.69, 9.17) is 9.47 Å². The second-order valence-corrected chi connectivity index (χ2v) is 6.09. The molecule has 0 atom stereocenters. The molecule has 1 aromatic heterocycles. The number of nitriles is 1. The van der Waals surface area contributed by atoms with Gasteiger partial charge in [0.1, 0.15) is 29.9 Å². The smallest absolute Gasteiger partial charge is 0.150 e. The number of hydrogen-bond donors (Lipinski definition) is 0. The zero-order chi connectivity index (χ0) is 17.8. The summed E-state index contributed by atoms with van der Waals surface area (Å²) in [5.41, 5.74) is 3.71. The summed E-state index contributed by atoms with van der Waals surface area (Å²) in [6.45, 7) is 5.19. The summed E-state index contributed by atoms with van der Waals surface area (Å²) in [5.74, 6) is -0.122. The van der Waals surface area contributed by atoms with Gasteiger partial charge >= 0.3 is 0 Å². The summed E-state index contributed by atoms with van der Waals surface area (Å²) in [4.78, 5) is 0. The van der Waals surface area contributed by atoms with Crippen molar-refractivity contribution in [3.05, 3.63) is 40.5 Å². The Morgan fingerprint density at radius 3 is 2.80 bits per heavy atom. The van der Waals surface area contributed by atoms with E-state index in [1.165, 1.54) is 11.6 Å². The van der Waals surface area contributed by atoms with E-state index in [9.17, 15) is 9.65 Å². The summed E-state index contributed by atoms with van der Waals surface area (Å²) in [6, 6.07) is 4.76. The number of benzene rings is 1. The first kappa shape index (κ1) is 17.4. The number of rotatable bonds is 6. The van der Waals surface area contributed by atoms with Crippen LogP contribution in [0.25, 0.3) is 5.69 Å². The molecule has 2 aromatic rings. The van der Waals surface area contributed by atoms with E-state index >= 15 is 0 Å². The third-order valence-corrected chi connectivity index (χ3v) is 4.50. The molecule has 0 saturated carbocycles. The van der Waals surface area contributed by atoms with Gasteiger partial charge in [-0.25, -0.2) is 9.07 Å². The lowest BCUT2D eigenvalue weighted by Crippen LogP contribution is -2.09. The average Bonchev–Trinajstić information content (AvgIpc) is 2.96. The average molecular weight is 343 g/mol. The second-order valence-electron chi connectivity index (χ2n) is 6.09. The molecule has 0 aliphatic heterocycles. The molecule has 25 heavy (non-hydrogen) atoms. The molecule has 1 aromatic carbocycles. The van der Waals surface area contributed by atoms with E-state index < -0.39 is 5.82 Å². The topological polar surface area (TPSA) is 60.1 Å². The predicted molar refractivity (Wildman–Crippen MR) is 91.6 cm³/mol. The van der Waals surface area contributed by atoms with Crippen molar-refractivity contribution in [1.29, 1.82) is 5.26 Å². The third kappa shape index (κ3) is 3.52. The highest BCUT2D eigenvalue weighted by molar-refractivity contribution is 5.52. The molecule has 1 aliphatic rings. The Kier molecular flexibility index (Phi) is 5.34. The van der Waals surface area contributed by atoms with E-state index in [1.54, 1.807) is 10.7 Å². The first-order chi connectivity index (χ1) is 12.2. The van der Waals surface area contributed by atoms with Crippen LogP contribution in [0.4, 0.5) is 4.39 Å². The van der Waals surface area contributed by atoms with E-state index in [0.717, 1.165) is 37.1 Å². The van der Waals surface area contributed by atoms with Crippen molar-refractivity contribution < 1.29 is 13.9 Å². The maximum atomic E-state index is 14.6. The standard InChI is InChI=1S/C19H22FN3O2/c1-3-24-8-9-25-19-11-18(16(20)10-14(19)12-21)23-13(2)15-6-4-5-7-17(15)22-23/h10-11H,3-9H2,1-2H3. The van der Waals surface area contributed by atoms with Crippen LogP contribution in [0.1, 0.15) is 42.3 Å². The van der Waals surface area contributed by atoms with Crippen molar-refractivity contribution in [2.24, 2.45) is 0 Å². The minimum Gasteiger partial charge on any atom is -0.490 e. The van der Waals surface area contributed by atoms with Crippen LogP contribution in [0.15, 0.2) is 12.1 Å². The molecule has 0 fully saturated rings. The van der Waals surface area contributed by atoms with Crippen LogP contribution in [-0.2, 0) is 17.6 Å². The molecule has 6 heteroatoms. The van der Waals surface area contributed by atoms with Gasteiger partial charge in [-0.1, -0.05) is 0 Å². The molecule has 0 saturated heterocycles. The van der Waals surface area contributed by atoms with Crippen LogP contribution in [-0.4, -0.2) is 29.6 Å². The summed E-state index contributed by atoms with van der Waals surface area (Å²) in [5, 5.41) is 13.8. The fraction of sp³-hybridized carbons (Fsp3) is 0.474. The molecule has 3 rings (SSSR count). The van der Waals surface area contributed by atoms with Gasteiger partial charge in [0, 0.05) is 18.4 Å². The molecule has 132 valence electrons. The normalized spacial score (nSPS) is 13.4. The van der Waals surface area contributed by atoms with Gasteiger partial charge < -0.3 is 9.47 Å². The quantitative estimate of drug-likeness (QED) is 0.754. The zero-order valence-corrected chi connectivity index (χ0v) is 14.6. The molecule has 0 bridgehead atoms. The third-order valence-electron chi connectivity index (χ3n) is 4.50. The van der Waals surface area contributed by atoms with Crippen molar-refractivity contribution in [3.8, 4) is 17.5 Å². The molecule has 0 amide bonds. The molecule has 0 spiro atoms. The van der Waals surface area contributed by atoms with Gasteiger partial charge in [0.05, 0.1) is 17.9 Å². The van der Waals surface area contributed by atoms with Gasteiger partial charge in [-0.3, -0.25) is 0 Å². The van der Waals surface area contributed by atoms with E-state index in [2.05, 4.69) is 5.10 Å². The van der Waals surface area contributed by atoms with E-state index in [1.807, 2.05) is 19.9 Å². The molecular weight excluding hydrogens is 321 g/mol. The highest BCUT2D eigenvalue weighted by atomic mass is 19.1. The van der Waals surface area contributed by atoms with Crippen molar-refractivity contribution >= 4 is 0 Å². The largest absolute Gasteiger partial charge is 0.490 e. The molecule has 5 nitrogen and oxygen atoms in total. The molecule has 0 unspecified atom stereocenters. The van der Waals surface area contributed by atoms with E-state index in [0.29, 0.717) is 31.3 Å². The maximum absolute atomic E-state index is 14.6. The van der Waals surface area contributed by atoms with Crippen molar-refractivity contribution in [2.45, 2.75) is 39.5 Å². The molecule has 0 N–H and O–H groups in total. The minimum absolute atomic E-state index is 0.173. The predicted octanol–water partition coefficient (Wildman–Crippen LogP) is 3.49. The highest BCUT2D eigenvalue weighted by Gasteiger charge is 2.21.